The van der Waals surface area contributed by atoms with Crippen molar-refractivity contribution in [3.8, 4) is 11.4 Å². The van der Waals surface area contributed by atoms with E-state index in [0.717, 1.165) is 34.7 Å². The molecule has 0 atom stereocenters. The highest BCUT2D eigenvalue weighted by atomic mass is 15.1. The third-order valence-electron chi connectivity index (χ3n) is 3.35. The Kier molecular flexibility index (Phi) is 3.18. The maximum Gasteiger partial charge on any atom is 0.141 e. The molecule has 0 bridgehead atoms. The number of nitrogen functional groups attached to an aromatic ring is 1. The number of nitrogens with two attached hydrogens (primary N) is 1. The maximum absolute atomic E-state index is 5.87. The molecule has 3 nitrogen and oxygen atoms in total. The predicted octanol–water partition coefficient (Wildman–Crippen LogP) is 3.94. The summed E-state index contributed by atoms with van der Waals surface area (Å²) in [6, 6.07) is 16.3. The van der Waals surface area contributed by atoms with Crippen molar-refractivity contribution < 1.29 is 0 Å². The third-order valence-corrected chi connectivity index (χ3v) is 3.35. The van der Waals surface area contributed by atoms with Gasteiger partial charge in [-0.3, -0.25) is 0 Å². The van der Waals surface area contributed by atoms with E-state index in [1.54, 1.807) is 0 Å². The molecule has 3 aromatic rings. The van der Waals surface area contributed by atoms with Crippen LogP contribution < -0.4 is 5.73 Å². The van der Waals surface area contributed by atoms with Crippen molar-refractivity contribution in [2.75, 3.05) is 5.73 Å². The van der Waals surface area contributed by atoms with Crippen molar-refractivity contribution in [2.45, 2.75) is 20.4 Å². The lowest BCUT2D eigenvalue weighted by atomic mass is 10.2. The molecule has 1 aromatic heterocycles. The molecular formula is C17H19N3. The maximum atomic E-state index is 5.87. The summed E-state index contributed by atoms with van der Waals surface area (Å²) in [5.41, 5.74) is 9.88. The Balaban J connectivity index is 2.24. The van der Waals surface area contributed by atoms with Crippen molar-refractivity contribution in [1.29, 1.82) is 0 Å². The minimum atomic E-state index is 0.562. The van der Waals surface area contributed by atoms with E-state index in [-0.39, 0.29) is 0 Å². The van der Waals surface area contributed by atoms with Gasteiger partial charge in [0, 0.05) is 17.8 Å². The Labute approximate surface area is 119 Å². The first-order valence-corrected chi connectivity index (χ1v) is 6.96. The fraction of sp³-hybridized carbons (Fsp3) is 0.235. The summed E-state index contributed by atoms with van der Waals surface area (Å²) in [7, 11) is 0. The molecule has 0 saturated carbocycles. The van der Waals surface area contributed by atoms with E-state index in [0.29, 0.717) is 5.92 Å². The molecule has 0 unspecified atom stereocenters. The van der Waals surface area contributed by atoms with Crippen molar-refractivity contribution in [1.82, 2.24) is 9.55 Å². The van der Waals surface area contributed by atoms with E-state index >= 15 is 0 Å². The molecule has 20 heavy (non-hydrogen) atoms. The van der Waals surface area contributed by atoms with Crippen LogP contribution in [0.15, 0.2) is 48.5 Å². The van der Waals surface area contributed by atoms with E-state index in [1.807, 2.05) is 30.3 Å². The van der Waals surface area contributed by atoms with Crippen LogP contribution in [0.1, 0.15) is 13.8 Å². The SMILES string of the molecule is CC(C)Cn1c(-c2ccccc2)nc2cc(N)ccc21. The second-order valence-electron chi connectivity index (χ2n) is 5.55. The zero-order chi connectivity index (χ0) is 14.1. The van der Waals surface area contributed by atoms with E-state index < -0.39 is 0 Å². The van der Waals surface area contributed by atoms with Crippen LogP contribution >= 0.6 is 0 Å². The van der Waals surface area contributed by atoms with Gasteiger partial charge in [0.05, 0.1) is 11.0 Å². The van der Waals surface area contributed by atoms with Gasteiger partial charge in [0.25, 0.3) is 0 Å². The Morgan fingerprint density at radius 3 is 2.55 bits per heavy atom. The number of nitrogens with zero attached hydrogens (tertiary/aromatic N) is 2. The molecule has 0 amide bonds. The summed E-state index contributed by atoms with van der Waals surface area (Å²) < 4.78 is 2.29. The van der Waals surface area contributed by atoms with Gasteiger partial charge in [-0.2, -0.15) is 0 Å². The number of aromatic nitrogens is 2. The fourth-order valence-corrected chi connectivity index (χ4v) is 2.50. The first kappa shape index (κ1) is 12.7. The number of rotatable bonds is 3. The van der Waals surface area contributed by atoms with Gasteiger partial charge in [-0.25, -0.2) is 4.98 Å². The smallest absolute Gasteiger partial charge is 0.141 e. The standard InChI is InChI=1S/C17H19N3/c1-12(2)11-20-16-9-8-14(18)10-15(16)19-17(20)13-6-4-3-5-7-13/h3-10,12H,11,18H2,1-2H3. The van der Waals surface area contributed by atoms with Crippen molar-refractivity contribution in [3.63, 3.8) is 0 Å². The molecular weight excluding hydrogens is 246 g/mol. The number of fused-ring (bicyclic) bond motifs is 1. The third kappa shape index (κ3) is 2.27. The molecule has 2 aromatic carbocycles. The molecule has 0 aliphatic carbocycles. The Morgan fingerprint density at radius 1 is 1.10 bits per heavy atom. The number of benzene rings is 2. The summed E-state index contributed by atoms with van der Waals surface area (Å²) in [5.74, 6) is 1.58. The van der Waals surface area contributed by atoms with Gasteiger partial charge >= 0.3 is 0 Å². The average molecular weight is 265 g/mol. The first-order chi connectivity index (χ1) is 9.65. The zero-order valence-electron chi connectivity index (χ0n) is 11.9. The Hall–Kier alpha value is -2.29. The second kappa shape index (κ2) is 5.00. The lowest BCUT2D eigenvalue weighted by molar-refractivity contribution is 0.536. The van der Waals surface area contributed by atoms with Gasteiger partial charge in [0.2, 0.25) is 0 Å². The van der Waals surface area contributed by atoms with Crippen LogP contribution in [0.2, 0.25) is 0 Å². The second-order valence-corrected chi connectivity index (χ2v) is 5.55. The van der Waals surface area contributed by atoms with E-state index in [2.05, 4.69) is 36.6 Å². The molecule has 102 valence electrons. The summed E-state index contributed by atoms with van der Waals surface area (Å²) in [6.07, 6.45) is 0. The minimum absolute atomic E-state index is 0.562. The van der Waals surface area contributed by atoms with Crippen LogP contribution in [-0.2, 0) is 6.54 Å². The molecule has 3 heteroatoms. The molecule has 3 rings (SSSR count). The molecule has 0 saturated heterocycles. The summed E-state index contributed by atoms with van der Waals surface area (Å²) in [5, 5.41) is 0. The summed E-state index contributed by atoms with van der Waals surface area (Å²) in [4.78, 5) is 4.78. The topological polar surface area (TPSA) is 43.8 Å². The average Bonchev–Trinajstić information content (AvgIpc) is 2.77. The van der Waals surface area contributed by atoms with Gasteiger partial charge in [0.15, 0.2) is 0 Å². The number of imidazole rings is 1. The van der Waals surface area contributed by atoms with Crippen LogP contribution in [0.5, 0.6) is 0 Å². The number of anilines is 1. The molecule has 2 N–H and O–H groups in total. The normalized spacial score (nSPS) is 11.3. The largest absolute Gasteiger partial charge is 0.399 e. The van der Waals surface area contributed by atoms with Gasteiger partial charge in [-0.1, -0.05) is 44.2 Å². The van der Waals surface area contributed by atoms with Crippen LogP contribution in [0, 0.1) is 5.92 Å². The van der Waals surface area contributed by atoms with Crippen LogP contribution in [0.3, 0.4) is 0 Å². The van der Waals surface area contributed by atoms with Crippen LogP contribution in [-0.4, -0.2) is 9.55 Å². The highest BCUT2D eigenvalue weighted by molar-refractivity contribution is 5.83. The number of hydrogen-bond acceptors (Lipinski definition) is 2. The van der Waals surface area contributed by atoms with Gasteiger partial charge in [-0.15, -0.1) is 0 Å². The van der Waals surface area contributed by atoms with Crippen molar-refractivity contribution >= 4 is 16.7 Å². The predicted molar refractivity (Wildman–Crippen MR) is 84.4 cm³/mol. The Bertz CT molecular complexity index is 727. The van der Waals surface area contributed by atoms with Crippen LogP contribution in [0.4, 0.5) is 5.69 Å². The molecule has 0 aliphatic rings. The Morgan fingerprint density at radius 2 is 1.85 bits per heavy atom. The van der Waals surface area contributed by atoms with E-state index in [9.17, 15) is 0 Å². The summed E-state index contributed by atoms with van der Waals surface area (Å²) in [6.45, 7) is 5.39. The highest BCUT2D eigenvalue weighted by Crippen LogP contribution is 2.26. The zero-order valence-corrected chi connectivity index (χ0v) is 11.9. The molecule has 0 fully saturated rings. The van der Waals surface area contributed by atoms with Gasteiger partial charge in [0.1, 0.15) is 5.82 Å². The fourth-order valence-electron chi connectivity index (χ4n) is 2.50. The monoisotopic (exact) mass is 265 g/mol. The quantitative estimate of drug-likeness (QED) is 0.729. The lowest BCUT2D eigenvalue weighted by Gasteiger charge is -2.11. The van der Waals surface area contributed by atoms with Crippen molar-refractivity contribution in [3.05, 3.63) is 48.5 Å². The highest BCUT2D eigenvalue weighted by Gasteiger charge is 2.13. The summed E-state index contributed by atoms with van der Waals surface area (Å²) >= 11 is 0. The van der Waals surface area contributed by atoms with Crippen LogP contribution in [0.25, 0.3) is 22.4 Å². The van der Waals surface area contributed by atoms with E-state index in [1.165, 1.54) is 0 Å². The molecule has 0 spiro atoms. The van der Waals surface area contributed by atoms with E-state index in [4.69, 9.17) is 10.7 Å². The lowest BCUT2D eigenvalue weighted by Crippen LogP contribution is -2.06. The molecule has 0 radical (unpaired) electrons. The molecule has 0 aliphatic heterocycles. The van der Waals surface area contributed by atoms with Crippen molar-refractivity contribution in [2.24, 2.45) is 5.92 Å². The minimum Gasteiger partial charge on any atom is -0.399 e. The molecule has 1 heterocycles. The van der Waals surface area contributed by atoms with Gasteiger partial charge < -0.3 is 10.3 Å². The van der Waals surface area contributed by atoms with Gasteiger partial charge in [-0.05, 0) is 24.1 Å². The number of hydrogen-bond donors (Lipinski definition) is 1. The first-order valence-electron chi connectivity index (χ1n) is 6.96.